The summed E-state index contributed by atoms with van der Waals surface area (Å²) in [5.74, 6) is 0.437. The Labute approximate surface area is 79.4 Å². The van der Waals surface area contributed by atoms with Crippen molar-refractivity contribution in [2.45, 2.75) is 32.6 Å². The van der Waals surface area contributed by atoms with Crippen LogP contribution >= 0.6 is 0 Å². The van der Waals surface area contributed by atoms with Gasteiger partial charge in [-0.2, -0.15) is 0 Å². The molecular weight excluding hydrogens is 168 g/mol. The average molecular weight is 186 g/mol. The molecule has 0 radical (unpaired) electrons. The Balaban J connectivity index is 2.11. The zero-order chi connectivity index (χ0) is 9.52. The lowest BCUT2D eigenvalue weighted by molar-refractivity contribution is -0.145. The average Bonchev–Trinajstić information content (AvgIpc) is 2.16. The lowest BCUT2D eigenvalue weighted by atomic mass is 9.97. The summed E-state index contributed by atoms with van der Waals surface area (Å²) in [5.41, 5.74) is 0. The van der Waals surface area contributed by atoms with Gasteiger partial charge in [-0.1, -0.05) is 6.92 Å². The van der Waals surface area contributed by atoms with Gasteiger partial charge in [0.05, 0.1) is 6.61 Å². The minimum absolute atomic E-state index is 0.0475. The highest BCUT2D eigenvalue weighted by Crippen LogP contribution is 2.18. The first-order chi connectivity index (χ1) is 6.33. The maximum atomic E-state index is 11.2. The van der Waals surface area contributed by atoms with Crippen molar-refractivity contribution in [1.82, 2.24) is 0 Å². The van der Waals surface area contributed by atoms with Gasteiger partial charge in [0.2, 0.25) is 0 Å². The van der Waals surface area contributed by atoms with Crippen molar-refractivity contribution in [2.75, 3.05) is 19.8 Å². The molecule has 0 atom stereocenters. The molecule has 1 rings (SSSR count). The molecule has 3 nitrogen and oxygen atoms in total. The summed E-state index contributed by atoms with van der Waals surface area (Å²) in [6.45, 7) is 4.15. The normalized spacial score (nSPS) is 18.5. The molecule has 13 heavy (non-hydrogen) atoms. The van der Waals surface area contributed by atoms with E-state index in [4.69, 9.17) is 9.47 Å². The number of carbonyl (C=O) groups excluding carboxylic acids is 1. The van der Waals surface area contributed by atoms with Crippen molar-refractivity contribution in [3.63, 3.8) is 0 Å². The summed E-state index contributed by atoms with van der Waals surface area (Å²) in [6.07, 6.45) is 3.48. The van der Waals surface area contributed by atoms with Crippen molar-refractivity contribution in [2.24, 2.45) is 5.92 Å². The maximum Gasteiger partial charge on any atom is 0.306 e. The fourth-order valence-electron chi connectivity index (χ4n) is 1.46. The first-order valence-electron chi connectivity index (χ1n) is 5.06. The Morgan fingerprint density at radius 1 is 1.46 bits per heavy atom. The van der Waals surface area contributed by atoms with E-state index in [0.29, 0.717) is 18.9 Å². The topological polar surface area (TPSA) is 35.5 Å². The zero-order valence-corrected chi connectivity index (χ0v) is 8.25. The van der Waals surface area contributed by atoms with Crippen LogP contribution in [0.15, 0.2) is 0 Å². The predicted molar refractivity (Wildman–Crippen MR) is 49.4 cm³/mol. The number of hydrogen-bond donors (Lipinski definition) is 0. The molecule has 0 unspecified atom stereocenters. The zero-order valence-electron chi connectivity index (χ0n) is 8.25. The highest BCUT2D eigenvalue weighted by Gasteiger charge is 2.17. The van der Waals surface area contributed by atoms with E-state index in [1.165, 1.54) is 0 Å². The molecule has 0 N–H and O–H groups in total. The summed E-state index contributed by atoms with van der Waals surface area (Å²) in [6, 6.07) is 0. The van der Waals surface area contributed by atoms with Crippen LogP contribution in [0.25, 0.3) is 0 Å². The molecule has 0 saturated carbocycles. The van der Waals surface area contributed by atoms with Crippen molar-refractivity contribution < 1.29 is 14.3 Å². The van der Waals surface area contributed by atoms with Gasteiger partial charge < -0.3 is 9.47 Å². The molecule has 3 heteroatoms. The fourth-order valence-corrected chi connectivity index (χ4v) is 1.46. The van der Waals surface area contributed by atoms with Gasteiger partial charge in [-0.3, -0.25) is 4.79 Å². The predicted octanol–water partition coefficient (Wildman–Crippen LogP) is 1.76. The Morgan fingerprint density at radius 3 is 2.77 bits per heavy atom. The summed E-state index contributed by atoms with van der Waals surface area (Å²) in [4.78, 5) is 11.2. The molecule has 0 aromatic heterocycles. The van der Waals surface area contributed by atoms with Gasteiger partial charge >= 0.3 is 5.97 Å². The first kappa shape index (κ1) is 10.5. The van der Waals surface area contributed by atoms with Crippen LogP contribution in [0, 0.1) is 5.92 Å². The molecule has 1 fully saturated rings. The van der Waals surface area contributed by atoms with E-state index in [-0.39, 0.29) is 5.97 Å². The van der Waals surface area contributed by atoms with E-state index in [1.807, 2.05) is 6.92 Å². The van der Waals surface area contributed by atoms with Crippen LogP contribution in [-0.4, -0.2) is 25.8 Å². The lowest BCUT2D eigenvalue weighted by Crippen LogP contribution is -2.19. The van der Waals surface area contributed by atoms with Crippen LogP contribution in [0.4, 0.5) is 0 Å². The van der Waals surface area contributed by atoms with Gasteiger partial charge in [-0.15, -0.1) is 0 Å². The smallest absolute Gasteiger partial charge is 0.306 e. The molecular formula is C10H18O3. The second-order valence-electron chi connectivity index (χ2n) is 3.48. The Kier molecular flexibility index (Phi) is 4.83. The van der Waals surface area contributed by atoms with E-state index in [0.717, 1.165) is 32.5 Å². The number of carbonyl (C=O) groups is 1. The minimum Gasteiger partial charge on any atom is -0.466 e. The summed E-state index contributed by atoms with van der Waals surface area (Å²) < 4.78 is 10.2. The largest absolute Gasteiger partial charge is 0.466 e. The van der Waals surface area contributed by atoms with Gasteiger partial charge in [-0.25, -0.2) is 0 Å². The molecule has 1 aliphatic rings. The first-order valence-corrected chi connectivity index (χ1v) is 5.06. The van der Waals surface area contributed by atoms with Crippen LogP contribution in [-0.2, 0) is 14.3 Å². The molecule has 1 heterocycles. The minimum atomic E-state index is -0.0475. The van der Waals surface area contributed by atoms with Crippen LogP contribution in [0.2, 0.25) is 0 Å². The molecule has 1 saturated heterocycles. The fraction of sp³-hybridized carbons (Fsp3) is 0.900. The third-order valence-electron chi connectivity index (χ3n) is 2.26. The number of hydrogen-bond acceptors (Lipinski definition) is 3. The van der Waals surface area contributed by atoms with E-state index in [2.05, 4.69) is 0 Å². The maximum absolute atomic E-state index is 11.2. The highest BCUT2D eigenvalue weighted by molar-refractivity contribution is 5.69. The Bertz CT molecular complexity index is 150. The summed E-state index contributed by atoms with van der Waals surface area (Å²) >= 11 is 0. The molecule has 0 aromatic rings. The van der Waals surface area contributed by atoms with Crippen molar-refractivity contribution >= 4 is 5.97 Å². The molecule has 76 valence electrons. The molecule has 1 aliphatic heterocycles. The van der Waals surface area contributed by atoms with Crippen LogP contribution in [0.3, 0.4) is 0 Å². The van der Waals surface area contributed by atoms with Crippen LogP contribution in [0.1, 0.15) is 32.6 Å². The quantitative estimate of drug-likeness (QED) is 0.627. The van der Waals surface area contributed by atoms with Crippen molar-refractivity contribution in [3.05, 3.63) is 0 Å². The van der Waals surface area contributed by atoms with E-state index in [9.17, 15) is 4.79 Å². The second-order valence-corrected chi connectivity index (χ2v) is 3.48. The van der Waals surface area contributed by atoms with Gasteiger partial charge in [0.1, 0.15) is 0 Å². The van der Waals surface area contributed by atoms with E-state index in [1.54, 1.807) is 0 Å². The Morgan fingerprint density at radius 2 is 2.15 bits per heavy atom. The molecule has 0 aromatic carbocycles. The monoisotopic (exact) mass is 186 g/mol. The second kappa shape index (κ2) is 5.97. The standard InChI is InChI=1S/C10H18O3/c1-2-5-13-10(11)8-9-3-6-12-7-4-9/h9H,2-8H2,1H3. The third-order valence-corrected chi connectivity index (χ3v) is 2.26. The SMILES string of the molecule is CCCOC(=O)CC1CCOCC1. The van der Waals surface area contributed by atoms with Crippen molar-refractivity contribution in [1.29, 1.82) is 0 Å². The van der Waals surface area contributed by atoms with E-state index >= 15 is 0 Å². The number of esters is 1. The van der Waals surface area contributed by atoms with Crippen molar-refractivity contribution in [3.8, 4) is 0 Å². The Hall–Kier alpha value is -0.570. The van der Waals surface area contributed by atoms with Crippen LogP contribution < -0.4 is 0 Å². The van der Waals surface area contributed by atoms with E-state index < -0.39 is 0 Å². The highest BCUT2D eigenvalue weighted by atomic mass is 16.5. The summed E-state index contributed by atoms with van der Waals surface area (Å²) in [7, 11) is 0. The molecule has 0 aliphatic carbocycles. The molecule has 0 amide bonds. The van der Waals surface area contributed by atoms with Gasteiger partial charge in [0.15, 0.2) is 0 Å². The van der Waals surface area contributed by atoms with Gasteiger partial charge in [0.25, 0.3) is 0 Å². The lowest BCUT2D eigenvalue weighted by Gasteiger charge is -2.20. The number of ether oxygens (including phenoxy) is 2. The van der Waals surface area contributed by atoms with Crippen LogP contribution in [0.5, 0.6) is 0 Å². The molecule has 0 spiro atoms. The molecule has 0 bridgehead atoms. The third kappa shape index (κ3) is 4.27. The summed E-state index contributed by atoms with van der Waals surface area (Å²) in [5, 5.41) is 0. The van der Waals surface area contributed by atoms with Gasteiger partial charge in [0, 0.05) is 19.6 Å². The number of rotatable bonds is 4. The van der Waals surface area contributed by atoms with Gasteiger partial charge in [-0.05, 0) is 25.2 Å².